The first-order valence-corrected chi connectivity index (χ1v) is 9.43. The van der Waals surface area contributed by atoms with E-state index in [2.05, 4.69) is 24.3 Å². The summed E-state index contributed by atoms with van der Waals surface area (Å²) in [6.45, 7) is 8.00. The molecule has 0 amide bonds. The second kappa shape index (κ2) is 6.89. The van der Waals surface area contributed by atoms with Gasteiger partial charge in [-0.2, -0.15) is 5.10 Å². The number of sulfonamides is 1. The molecular weight excluding hydrogens is 288 g/mol. The van der Waals surface area contributed by atoms with Gasteiger partial charge in [0.2, 0.25) is 10.0 Å². The second-order valence-electron chi connectivity index (χ2n) is 5.85. The summed E-state index contributed by atoms with van der Waals surface area (Å²) in [4.78, 5) is 0. The smallest absolute Gasteiger partial charge is 0.211 e. The summed E-state index contributed by atoms with van der Waals surface area (Å²) in [5.74, 6) is 0.346. The molecule has 7 heteroatoms. The van der Waals surface area contributed by atoms with Crippen LogP contribution in [0.2, 0.25) is 0 Å². The first kappa shape index (κ1) is 16.5. The maximum atomic E-state index is 11.7. The van der Waals surface area contributed by atoms with E-state index in [0.29, 0.717) is 19.0 Å². The molecule has 1 atom stereocenters. The molecule has 0 radical (unpaired) electrons. The number of rotatable bonds is 6. The minimum Gasteiger partial charge on any atom is -0.313 e. The summed E-state index contributed by atoms with van der Waals surface area (Å²) in [6, 6.07) is 0. The molecule has 0 saturated carbocycles. The Kier molecular flexibility index (Phi) is 5.40. The molecule has 6 nitrogen and oxygen atoms in total. The van der Waals surface area contributed by atoms with Crippen LogP contribution in [0.1, 0.15) is 31.0 Å². The number of piperidine rings is 1. The van der Waals surface area contributed by atoms with Crippen LogP contribution < -0.4 is 5.32 Å². The SMILES string of the molecule is CCNCc1cnn(CC2CCCN(S(C)(=O)=O)C2)c1C. The van der Waals surface area contributed by atoms with Crippen LogP contribution in [0, 0.1) is 12.8 Å². The molecule has 1 aliphatic rings. The second-order valence-corrected chi connectivity index (χ2v) is 7.83. The zero-order chi connectivity index (χ0) is 15.5. The van der Waals surface area contributed by atoms with Crippen molar-refractivity contribution in [2.24, 2.45) is 5.92 Å². The van der Waals surface area contributed by atoms with Crippen molar-refractivity contribution < 1.29 is 8.42 Å². The monoisotopic (exact) mass is 314 g/mol. The molecular formula is C14H26N4O2S. The molecule has 1 fully saturated rings. The van der Waals surface area contributed by atoms with Crippen molar-refractivity contribution in [3.05, 3.63) is 17.5 Å². The average molecular weight is 314 g/mol. The predicted octanol–water partition coefficient (Wildman–Crippen LogP) is 0.973. The molecule has 1 unspecified atom stereocenters. The van der Waals surface area contributed by atoms with E-state index in [9.17, 15) is 8.42 Å². The van der Waals surface area contributed by atoms with Gasteiger partial charge in [-0.3, -0.25) is 4.68 Å². The lowest BCUT2D eigenvalue weighted by Crippen LogP contribution is -2.40. The van der Waals surface area contributed by atoms with Gasteiger partial charge in [0, 0.05) is 37.4 Å². The van der Waals surface area contributed by atoms with Crippen molar-refractivity contribution in [2.45, 2.75) is 39.8 Å². The van der Waals surface area contributed by atoms with Crippen LogP contribution in [0.5, 0.6) is 0 Å². The number of hydrogen-bond donors (Lipinski definition) is 1. The van der Waals surface area contributed by atoms with Gasteiger partial charge >= 0.3 is 0 Å². The highest BCUT2D eigenvalue weighted by molar-refractivity contribution is 7.88. The maximum Gasteiger partial charge on any atom is 0.211 e. The van der Waals surface area contributed by atoms with E-state index in [1.54, 1.807) is 4.31 Å². The number of hydrogen-bond acceptors (Lipinski definition) is 4. The fourth-order valence-corrected chi connectivity index (χ4v) is 3.77. The van der Waals surface area contributed by atoms with Gasteiger partial charge in [-0.15, -0.1) is 0 Å². The molecule has 21 heavy (non-hydrogen) atoms. The predicted molar refractivity (Wildman–Crippen MR) is 83.5 cm³/mol. The van der Waals surface area contributed by atoms with E-state index in [-0.39, 0.29) is 0 Å². The maximum absolute atomic E-state index is 11.7. The van der Waals surface area contributed by atoms with Crippen LogP contribution in [0.25, 0.3) is 0 Å². The van der Waals surface area contributed by atoms with Crippen molar-refractivity contribution >= 4 is 10.0 Å². The first-order valence-electron chi connectivity index (χ1n) is 7.59. The molecule has 0 aliphatic carbocycles. The minimum atomic E-state index is -3.07. The lowest BCUT2D eigenvalue weighted by molar-refractivity contribution is 0.239. The molecule has 1 saturated heterocycles. The first-order chi connectivity index (χ1) is 9.91. The molecule has 0 aromatic carbocycles. The van der Waals surface area contributed by atoms with Gasteiger partial charge in [-0.1, -0.05) is 6.92 Å². The average Bonchev–Trinajstić information content (AvgIpc) is 2.77. The highest BCUT2D eigenvalue weighted by Gasteiger charge is 2.26. The van der Waals surface area contributed by atoms with Gasteiger partial charge in [0.25, 0.3) is 0 Å². The Morgan fingerprint density at radius 3 is 2.90 bits per heavy atom. The van der Waals surface area contributed by atoms with Crippen LogP contribution in [-0.2, 0) is 23.1 Å². The Balaban J connectivity index is 2.00. The summed E-state index contributed by atoms with van der Waals surface area (Å²) < 4.78 is 27.0. The largest absolute Gasteiger partial charge is 0.313 e. The summed E-state index contributed by atoms with van der Waals surface area (Å²) in [5.41, 5.74) is 2.39. The quantitative estimate of drug-likeness (QED) is 0.850. The van der Waals surface area contributed by atoms with Crippen LogP contribution in [0.3, 0.4) is 0 Å². The fraction of sp³-hybridized carbons (Fsp3) is 0.786. The van der Waals surface area contributed by atoms with E-state index < -0.39 is 10.0 Å². The molecule has 1 aliphatic heterocycles. The van der Waals surface area contributed by atoms with E-state index in [0.717, 1.165) is 32.5 Å². The van der Waals surface area contributed by atoms with Crippen molar-refractivity contribution in [1.29, 1.82) is 0 Å². The Labute approximate surface area is 127 Å². The van der Waals surface area contributed by atoms with Gasteiger partial charge in [0.05, 0.1) is 12.5 Å². The minimum absolute atomic E-state index is 0.346. The molecule has 2 rings (SSSR count). The van der Waals surface area contributed by atoms with Crippen molar-refractivity contribution in [3.63, 3.8) is 0 Å². The summed E-state index contributed by atoms with van der Waals surface area (Å²) in [6.07, 6.45) is 5.20. The van der Waals surface area contributed by atoms with Gasteiger partial charge < -0.3 is 5.32 Å². The van der Waals surface area contributed by atoms with E-state index >= 15 is 0 Å². The zero-order valence-electron chi connectivity index (χ0n) is 13.2. The van der Waals surface area contributed by atoms with E-state index in [1.165, 1.54) is 17.5 Å². The normalized spacial score (nSPS) is 20.8. The van der Waals surface area contributed by atoms with Crippen molar-refractivity contribution in [3.8, 4) is 0 Å². The highest BCUT2D eigenvalue weighted by atomic mass is 32.2. The Morgan fingerprint density at radius 2 is 2.24 bits per heavy atom. The summed E-state index contributed by atoms with van der Waals surface area (Å²) in [5, 5.41) is 7.77. The van der Waals surface area contributed by atoms with Crippen molar-refractivity contribution in [1.82, 2.24) is 19.4 Å². The standard InChI is InChI=1S/C14H26N4O2S/c1-4-15-8-14-9-16-18(12(14)2)11-13-6-5-7-17(10-13)21(3,19)20/h9,13,15H,4-8,10-11H2,1-3H3. The summed E-state index contributed by atoms with van der Waals surface area (Å²) >= 11 is 0. The Morgan fingerprint density at radius 1 is 1.48 bits per heavy atom. The molecule has 1 aromatic rings. The third kappa shape index (κ3) is 4.28. The number of nitrogens with zero attached hydrogens (tertiary/aromatic N) is 3. The van der Waals surface area contributed by atoms with Crippen LogP contribution >= 0.6 is 0 Å². The molecule has 2 heterocycles. The molecule has 1 N–H and O–H groups in total. The molecule has 120 valence electrons. The third-order valence-corrected chi connectivity index (χ3v) is 5.42. The van der Waals surface area contributed by atoms with Gasteiger partial charge in [0.1, 0.15) is 0 Å². The van der Waals surface area contributed by atoms with Gasteiger partial charge in [-0.05, 0) is 32.2 Å². The Bertz CT molecular complexity index is 568. The van der Waals surface area contributed by atoms with Crippen LogP contribution in [0.15, 0.2) is 6.20 Å². The van der Waals surface area contributed by atoms with E-state index in [4.69, 9.17) is 0 Å². The highest BCUT2D eigenvalue weighted by Crippen LogP contribution is 2.21. The molecule has 0 spiro atoms. The van der Waals surface area contributed by atoms with Crippen LogP contribution in [-0.4, -0.2) is 48.4 Å². The lowest BCUT2D eigenvalue weighted by Gasteiger charge is -2.31. The Hall–Kier alpha value is -0.920. The molecule has 0 bridgehead atoms. The van der Waals surface area contributed by atoms with Gasteiger partial charge in [0.15, 0.2) is 0 Å². The summed E-state index contributed by atoms with van der Waals surface area (Å²) in [7, 11) is -3.07. The van der Waals surface area contributed by atoms with Crippen molar-refractivity contribution in [2.75, 3.05) is 25.9 Å². The topological polar surface area (TPSA) is 67.2 Å². The fourth-order valence-electron chi connectivity index (χ4n) is 2.82. The number of aromatic nitrogens is 2. The zero-order valence-corrected chi connectivity index (χ0v) is 14.0. The van der Waals surface area contributed by atoms with Gasteiger partial charge in [-0.25, -0.2) is 12.7 Å². The van der Waals surface area contributed by atoms with E-state index in [1.807, 2.05) is 10.9 Å². The van der Waals surface area contributed by atoms with Crippen LogP contribution in [0.4, 0.5) is 0 Å². The molecule has 1 aromatic heterocycles. The third-order valence-electron chi connectivity index (χ3n) is 4.15. The number of nitrogens with one attached hydrogen (secondary N) is 1. The lowest BCUT2D eigenvalue weighted by atomic mass is 10.00.